The van der Waals surface area contributed by atoms with Gasteiger partial charge in [-0.2, -0.15) is 0 Å². The number of carbonyl (C=O) groups excluding carboxylic acids is 2. The van der Waals surface area contributed by atoms with Gasteiger partial charge in [-0.15, -0.1) is 0 Å². The molecule has 238 valence electrons. The zero-order chi connectivity index (χ0) is 31.6. The summed E-state index contributed by atoms with van der Waals surface area (Å²) in [7, 11) is 0. The number of hydrogen-bond donors (Lipinski definition) is 3. The van der Waals surface area contributed by atoms with E-state index in [9.17, 15) is 14.7 Å². The molecule has 9 nitrogen and oxygen atoms in total. The van der Waals surface area contributed by atoms with Crippen LogP contribution in [0.5, 0.6) is 0 Å². The van der Waals surface area contributed by atoms with Crippen molar-refractivity contribution in [1.82, 2.24) is 10.2 Å². The normalized spacial score (nSPS) is 23.6. The second kappa shape index (κ2) is 13.5. The summed E-state index contributed by atoms with van der Waals surface area (Å²) in [5.74, 6) is -0.657. The van der Waals surface area contributed by atoms with E-state index in [0.717, 1.165) is 35.5 Å². The van der Waals surface area contributed by atoms with Gasteiger partial charge in [-0.25, -0.2) is 0 Å². The van der Waals surface area contributed by atoms with Crippen LogP contribution in [0.25, 0.3) is 0 Å². The standard InChI is InChI=1S/C33H35Cl3N4O5/c34-33(35,36)31(43)38-25-12-10-24(11-13-25)29-44-27(18-28(45-29)23-8-6-22(20-41)7-9-23)19-39-16-14-32(15-17-39)30(42)37-21-40(32)26-4-2-1-3-5-26/h1-13,27-29,41H,14-21H2,(H,37,42)(H,38,43)/t27-,28+,29+/m1/s1. The van der Waals surface area contributed by atoms with E-state index >= 15 is 0 Å². The monoisotopic (exact) mass is 672 g/mol. The SMILES string of the molecule is O=C(Nc1ccc([C@H]2O[C@@H](CN3CCC4(CC3)C(=O)NCN4c3ccccc3)C[C@@H](c3ccc(CO)cc3)O2)cc1)C(Cl)(Cl)Cl. The number of ether oxygens (including phenoxy) is 2. The number of aliphatic hydroxyl groups excluding tert-OH is 1. The first-order valence-electron chi connectivity index (χ1n) is 15.0. The van der Waals surface area contributed by atoms with Crippen molar-refractivity contribution in [3.05, 3.63) is 95.6 Å². The fourth-order valence-electron chi connectivity index (χ4n) is 6.38. The molecule has 1 spiro atoms. The highest BCUT2D eigenvalue weighted by atomic mass is 35.6. The Morgan fingerprint density at radius 1 is 0.956 bits per heavy atom. The van der Waals surface area contributed by atoms with Crippen molar-refractivity contribution in [2.45, 2.75) is 53.7 Å². The zero-order valence-corrected chi connectivity index (χ0v) is 26.8. The van der Waals surface area contributed by atoms with Crippen LogP contribution in [0.4, 0.5) is 11.4 Å². The molecular weight excluding hydrogens is 639 g/mol. The molecule has 3 atom stereocenters. The van der Waals surface area contributed by atoms with Crippen LogP contribution in [0, 0.1) is 0 Å². The van der Waals surface area contributed by atoms with Crippen LogP contribution in [0.2, 0.25) is 0 Å². The number of hydrogen-bond acceptors (Lipinski definition) is 7. The first-order valence-corrected chi connectivity index (χ1v) is 16.1. The summed E-state index contributed by atoms with van der Waals surface area (Å²) in [4.78, 5) is 29.8. The van der Waals surface area contributed by atoms with E-state index < -0.39 is 21.5 Å². The average molecular weight is 674 g/mol. The molecular formula is C33H35Cl3N4O5. The Balaban J connectivity index is 1.16. The van der Waals surface area contributed by atoms with Gasteiger partial charge in [-0.3, -0.25) is 9.59 Å². The summed E-state index contributed by atoms with van der Waals surface area (Å²) in [5, 5.41) is 15.2. The number of anilines is 2. The lowest BCUT2D eigenvalue weighted by atomic mass is 9.85. The lowest BCUT2D eigenvalue weighted by molar-refractivity contribution is -0.253. The summed E-state index contributed by atoms with van der Waals surface area (Å²) in [6, 6.07) is 24.9. The van der Waals surface area contributed by atoms with Gasteiger partial charge in [0.2, 0.25) is 5.91 Å². The molecule has 3 aliphatic heterocycles. The number of nitrogens with one attached hydrogen (secondary N) is 2. The van der Waals surface area contributed by atoms with Gasteiger partial charge < -0.3 is 35.0 Å². The number of likely N-dealkylation sites (tertiary alicyclic amines) is 1. The minimum atomic E-state index is -2.07. The Morgan fingerprint density at radius 2 is 1.62 bits per heavy atom. The number of amides is 2. The van der Waals surface area contributed by atoms with Crippen molar-refractivity contribution < 1.29 is 24.2 Å². The van der Waals surface area contributed by atoms with Gasteiger partial charge >= 0.3 is 0 Å². The van der Waals surface area contributed by atoms with Gasteiger partial charge in [-0.1, -0.05) is 89.4 Å². The molecule has 3 aromatic rings. The number of nitrogens with zero attached hydrogens (tertiary/aromatic N) is 2. The third-order valence-corrected chi connectivity index (χ3v) is 9.38. The zero-order valence-electron chi connectivity index (χ0n) is 24.5. The summed E-state index contributed by atoms with van der Waals surface area (Å²) < 4.78 is 10.9. The molecule has 0 aliphatic carbocycles. The fraction of sp³-hybridized carbons (Fsp3) is 0.394. The summed E-state index contributed by atoms with van der Waals surface area (Å²) >= 11 is 17.1. The second-order valence-electron chi connectivity index (χ2n) is 11.7. The molecule has 12 heteroatoms. The van der Waals surface area contributed by atoms with E-state index in [-0.39, 0.29) is 24.7 Å². The number of benzene rings is 3. The van der Waals surface area contributed by atoms with Crippen molar-refractivity contribution in [3.8, 4) is 0 Å². The van der Waals surface area contributed by atoms with Crippen molar-refractivity contribution in [2.24, 2.45) is 0 Å². The van der Waals surface area contributed by atoms with Crippen molar-refractivity contribution in [3.63, 3.8) is 0 Å². The second-order valence-corrected chi connectivity index (χ2v) is 14.0. The van der Waals surface area contributed by atoms with Crippen molar-refractivity contribution >= 4 is 58.0 Å². The quantitative estimate of drug-likeness (QED) is 0.286. The predicted octanol–water partition coefficient (Wildman–Crippen LogP) is 5.46. The molecule has 3 aromatic carbocycles. The minimum Gasteiger partial charge on any atom is -0.392 e. The summed E-state index contributed by atoms with van der Waals surface area (Å²) in [5.41, 5.74) is 3.57. The molecule has 2 amide bonds. The molecule has 0 bridgehead atoms. The largest absolute Gasteiger partial charge is 0.392 e. The Bertz CT molecular complexity index is 1480. The van der Waals surface area contributed by atoms with Gasteiger partial charge in [0.05, 0.1) is 25.5 Å². The molecule has 3 saturated heterocycles. The molecule has 3 N–H and O–H groups in total. The van der Waals surface area contributed by atoms with E-state index in [2.05, 4.69) is 32.6 Å². The number of rotatable bonds is 7. The number of piperidine rings is 1. The van der Waals surface area contributed by atoms with Crippen molar-refractivity contribution in [1.29, 1.82) is 0 Å². The molecule has 45 heavy (non-hydrogen) atoms. The first-order chi connectivity index (χ1) is 21.6. The molecule has 3 fully saturated rings. The molecule has 0 saturated carbocycles. The number of aliphatic hydroxyl groups is 1. The van der Waals surface area contributed by atoms with Crippen LogP contribution >= 0.6 is 34.8 Å². The summed E-state index contributed by atoms with van der Waals surface area (Å²) in [6.45, 7) is 2.69. The van der Waals surface area contributed by atoms with Crippen molar-refractivity contribution in [2.75, 3.05) is 36.5 Å². The van der Waals surface area contributed by atoms with Gasteiger partial charge in [0.1, 0.15) is 5.54 Å². The highest BCUT2D eigenvalue weighted by Crippen LogP contribution is 2.40. The lowest BCUT2D eigenvalue weighted by Gasteiger charge is -2.45. The smallest absolute Gasteiger partial charge is 0.276 e. The third kappa shape index (κ3) is 7.10. The van der Waals surface area contributed by atoms with E-state index in [0.29, 0.717) is 38.2 Å². The lowest BCUT2D eigenvalue weighted by Crippen LogP contribution is -2.57. The maximum atomic E-state index is 13.1. The molecule has 0 unspecified atom stereocenters. The van der Waals surface area contributed by atoms with Crippen LogP contribution in [0.1, 0.15) is 48.3 Å². The summed E-state index contributed by atoms with van der Waals surface area (Å²) in [6.07, 6.45) is 1.03. The van der Waals surface area contributed by atoms with Gasteiger partial charge in [0, 0.05) is 43.0 Å². The topological polar surface area (TPSA) is 103 Å². The molecule has 6 rings (SSSR count). The van der Waals surface area contributed by atoms with Gasteiger partial charge in [0.25, 0.3) is 9.70 Å². The number of para-hydroxylation sites is 1. The Labute approximate surface area is 277 Å². The number of carbonyl (C=O) groups is 2. The third-order valence-electron chi connectivity index (χ3n) is 8.86. The number of halogens is 3. The van der Waals surface area contributed by atoms with Crippen LogP contribution in [0.3, 0.4) is 0 Å². The van der Waals surface area contributed by atoms with Crippen LogP contribution in [-0.2, 0) is 25.7 Å². The highest BCUT2D eigenvalue weighted by Gasteiger charge is 2.50. The number of alkyl halides is 3. The Hall–Kier alpha value is -2.89. The van der Waals surface area contributed by atoms with E-state index in [1.165, 1.54) is 0 Å². The minimum absolute atomic E-state index is 0.0303. The van der Waals surface area contributed by atoms with Crippen LogP contribution in [-0.4, -0.2) is 63.6 Å². The molecule has 3 heterocycles. The van der Waals surface area contributed by atoms with Gasteiger partial charge in [0.15, 0.2) is 6.29 Å². The molecule has 0 aromatic heterocycles. The Kier molecular flexibility index (Phi) is 9.59. The predicted molar refractivity (Wildman–Crippen MR) is 174 cm³/mol. The van der Waals surface area contributed by atoms with Crippen LogP contribution in [0.15, 0.2) is 78.9 Å². The van der Waals surface area contributed by atoms with E-state index in [1.54, 1.807) is 12.1 Å². The van der Waals surface area contributed by atoms with Gasteiger partial charge in [-0.05, 0) is 48.2 Å². The maximum absolute atomic E-state index is 13.1. The highest BCUT2D eigenvalue weighted by molar-refractivity contribution is 6.76. The average Bonchev–Trinajstić information content (AvgIpc) is 3.37. The van der Waals surface area contributed by atoms with E-state index in [1.807, 2.05) is 54.6 Å². The van der Waals surface area contributed by atoms with E-state index in [4.69, 9.17) is 44.3 Å². The molecule has 3 aliphatic rings. The van der Waals surface area contributed by atoms with Crippen LogP contribution < -0.4 is 15.5 Å². The first kappa shape index (κ1) is 32.1. The fourth-order valence-corrected chi connectivity index (χ4v) is 6.53. The molecule has 0 radical (unpaired) electrons. The Morgan fingerprint density at radius 3 is 2.27 bits per heavy atom. The maximum Gasteiger partial charge on any atom is 0.276 e.